The van der Waals surface area contributed by atoms with E-state index in [1.54, 1.807) is 23.5 Å². The highest BCUT2D eigenvalue weighted by Gasteiger charge is 2.33. The number of ether oxygens (including phenoxy) is 3. The highest BCUT2D eigenvalue weighted by atomic mass is 32.2. The van der Waals surface area contributed by atoms with Crippen LogP contribution in [0, 0.1) is 0 Å². The van der Waals surface area contributed by atoms with Gasteiger partial charge in [0.15, 0.2) is 15.6 Å². The van der Waals surface area contributed by atoms with Gasteiger partial charge in [-0.15, -0.1) is 0 Å². The first kappa shape index (κ1) is 27.6. The van der Waals surface area contributed by atoms with Gasteiger partial charge in [-0.25, -0.2) is 8.42 Å². The zero-order valence-corrected chi connectivity index (χ0v) is 22.7. The molecule has 0 bridgehead atoms. The molecular weight excluding hydrogens is 514 g/mol. The van der Waals surface area contributed by atoms with Crippen LogP contribution in [0.15, 0.2) is 57.8 Å². The van der Waals surface area contributed by atoms with Crippen LogP contribution >= 0.6 is 11.3 Å². The quantitative estimate of drug-likeness (QED) is 0.450. The molecule has 0 radical (unpaired) electrons. The van der Waals surface area contributed by atoms with E-state index >= 15 is 0 Å². The molecule has 1 N–H and O–H groups in total. The van der Waals surface area contributed by atoms with Gasteiger partial charge in [0.25, 0.3) is 5.91 Å². The van der Waals surface area contributed by atoms with Gasteiger partial charge in [-0.1, -0.05) is 0 Å². The Bertz CT molecular complexity index is 1140. The second-order valence-electron chi connectivity index (χ2n) is 9.34. The maximum atomic E-state index is 13.2. The first-order valence-electron chi connectivity index (χ1n) is 12.7. The first-order valence-corrected chi connectivity index (χ1v) is 15.2. The number of methoxy groups -OCH3 is 1. The minimum Gasteiger partial charge on any atom is -0.497 e. The van der Waals surface area contributed by atoms with E-state index in [-0.39, 0.29) is 42.8 Å². The molecule has 202 valence electrons. The van der Waals surface area contributed by atoms with Crippen LogP contribution in [0.25, 0.3) is 0 Å². The second-order valence-corrected chi connectivity index (χ2v) is 12.4. The zero-order chi connectivity index (χ0) is 26.3. The molecule has 1 amide bonds. The summed E-state index contributed by atoms with van der Waals surface area (Å²) in [7, 11) is -2.16. The molecule has 0 spiro atoms. The summed E-state index contributed by atoms with van der Waals surface area (Å²) < 4.78 is 43.6. The molecule has 10 heteroatoms. The molecule has 8 nitrogen and oxygen atoms in total. The first-order chi connectivity index (χ1) is 17.9. The number of likely N-dealkylation sites (tertiary alicyclic amines) is 1. The van der Waals surface area contributed by atoms with Crippen molar-refractivity contribution in [3.05, 3.63) is 58.5 Å². The Kier molecular flexibility index (Phi) is 9.64. The number of amides is 1. The third kappa shape index (κ3) is 6.93. The van der Waals surface area contributed by atoms with E-state index in [1.165, 1.54) is 19.2 Å². The predicted molar refractivity (Wildman–Crippen MR) is 141 cm³/mol. The van der Waals surface area contributed by atoms with Gasteiger partial charge in [0, 0.05) is 32.0 Å². The van der Waals surface area contributed by atoms with E-state index in [1.807, 2.05) is 22.4 Å². The Morgan fingerprint density at radius 1 is 1.16 bits per heavy atom. The second kappa shape index (κ2) is 12.9. The van der Waals surface area contributed by atoms with Crippen molar-refractivity contribution in [1.82, 2.24) is 4.90 Å². The third-order valence-electron chi connectivity index (χ3n) is 6.90. The molecule has 2 aliphatic rings. The number of hydrogen-bond donors (Lipinski definition) is 1. The van der Waals surface area contributed by atoms with E-state index in [0.29, 0.717) is 17.9 Å². The van der Waals surface area contributed by atoms with Gasteiger partial charge in [0.2, 0.25) is 6.29 Å². The molecule has 3 heterocycles. The van der Waals surface area contributed by atoms with Crippen LogP contribution in [-0.4, -0.2) is 69.3 Å². The Morgan fingerprint density at radius 3 is 2.57 bits per heavy atom. The number of aliphatic hydroxyl groups excluding tert-OH is 1. The SMILES string of the molecule is COc1ccc(S(=O)(=O)C(CCO)CCO[C@H]2CC(c3ccsc3)C=C(C(=O)N3CCCCC3)O2)cc1. The molecule has 37 heavy (non-hydrogen) atoms. The molecule has 1 saturated heterocycles. The lowest BCUT2D eigenvalue weighted by atomic mass is 9.95. The van der Waals surface area contributed by atoms with Crippen molar-refractivity contribution < 1.29 is 32.5 Å². The molecule has 1 aromatic heterocycles. The maximum Gasteiger partial charge on any atom is 0.288 e. The largest absolute Gasteiger partial charge is 0.497 e. The van der Waals surface area contributed by atoms with Crippen molar-refractivity contribution in [3.8, 4) is 5.75 Å². The topological polar surface area (TPSA) is 102 Å². The number of thiophene rings is 1. The Hall–Kier alpha value is -2.40. The molecule has 0 aliphatic carbocycles. The fourth-order valence-corrected chi connectivity index (χ4v) is 7.22. The summed E-state index contributed by atoms with van der Waals surface area (Å²) in [4.78, 5) is 15.2. The smallest absolute Gasteiger partial charge is 0.288 e. The normalized spacial score (nSPS) is 21.1. The number of nitrogens with zero attached hydrogens (tertiary/aromatic N) is 1. The van der Waals surface area contributed by atoms with Gasteiger partial charge >= 0.3 is 0 Å². The van der Waals surface area contributed by atoms with Crippen molar-refractivity contribution in [2.45, 2.75) is 60.9 Å². The Labute approximate surface area is 222 Å². The summed E-state index contributed by atoms with van der Waals surface area (Å²) in [6, 6.07) is 8.27. The lowest BCUT2D eigenvalue weighted by Crippen LogP contribution is -2.39. The Balaban J connectivity index is 1.42. The summed E-state index contributed by atoms with van der Waals surface area (Å²) in [5, 5.41) is 12.8. The van der Waals surface area contributed by atoms with Crippen molar-refractivity contribution in [2.75, 3.05) is 33.4 Å². The van der Waals surface area contributed by atoms with Crippen molar-refractivity contribution in [2.24, 2.45) is 0 Å². The number of piperidine rings is 1. The van der Waals surface area contributed by atoms with Gasteiger partial charge in [0.1, 0.15) is 5.75 Å². The minimum absolute atomic E-state index is 0.0231. The van der Waals surface area contributed by atoms with Crippen LogP contribution in [0.2, 0.25) is 0 Å². The number of sulfone groups is 1. The summed E-state index contributed by atoms with van der Waals surface area (Å²) >= 11 is 1.60. The van der Waals surface area contributed by atoms with E-state index < -0.39 is 21.4 Å². The number of hydrogen-bond acceptors (Lipinski definition) is 8. The monoisotopic (exact) mass is 549 g/mol. The molecule has 0 saturated carbocycles. The maximum absolute atomic E-state index is 13.2. The fourth-order valence-electron chi connectivity index (χ4n) is 4.77. The van der Waals surface area contributed by atoms with Crippen LogP contribution in [0.1, 0.15) is 50.0 Å². The van der Waals surface area contributed by atoms with Crippen LogP contribution in [0.4, 0.5) is 0 Å². The Morgan fingerprint density at radius 2 is 1.92 bits per heavy atom. The van der Waals surface area contributed by atoms with E-state index in [9.17, 15) is 18.3 Å². The standard InChI is InChI=1S/C27H35NO7S2/c1-33-22-5-7-23(8-6-22)37(31,32)24(9-14-29)10-15-34-26-18-21(20-11-16-36-19-20)17-25(35-26)27(30)28-12-3-2-4-13-28/h5-8,11,16-17,19,21,24,26,29H,2-4,9-10,12-15,18H2,1H3/t21?,24?,26-/m1/s1. The van der Waals surface area contributed by atoms with Gasteiger partial charge in [0.05, 0.1) is 23.9 Å². The summed E-state index contributed by atoms with van der Waals surface area (Å²) in [6.45, 7) is 1.31. The number of rotatable bonds is 11. The van der Waals surface area contributed by atoms with Gasteiger partial charge in [-0.3, -0.25) is 4.79 Å². The molecule has 2 aliphatic heterocycles. The van der Waals surface area contributed by atoms with Crippen LogP contribution < -0.4 is 4.74 Å². The zero-order valence-electron chi connectivity index (χ0n) is 21.1. The van der Waals surface area contributed by atoms with E-state index in [2.05, 4.69) is 5.38 Å². The lowest BCUT2D eigenvalue weighted by Gasteiger charge is -2.33. The number of benzene rings is 1. The van der Waals surface area contributed by atoms with Crippen LogP contribution in [0.3, 0.4) is 0 Å². The number of carbonyl (C=O) groups is 1. The van der Waals surface area contributed by atoms with Gasteiger partial charge < -0.3 is 24.2 Å². The van der Waals surface area contributed by atoms with Crippen molar-refractivity contribution >= 4 is 27.1 Å². The molecular formula is C27H35NO7S2. The van der Waals surface area contributed by atoms with E-state index in [0.717, 1.165) is 37.9 Å². The van der Waals surface area contributed by atoms with Crippen molar-refractivity contribution in [3.63, 3.8) is 0 Å². The predicted octanol–water partition coefficient (Wildman–Crippen LogP) is 4.11. The summed E-state index contributed by atoms with van der Waals surface area (Å²) in [5.74, 6) is 0.726. The fraction of sp³-hybridized carbons (Fsp3) is 0.519. The molecule has 1 fully saturated rings. The summed E-state index contributed by atoms with van der Waals surface area (Å²) in [6.07, 6.45) is 5.14. The summed E-state index contributed by atoms with van der Waals surface area (Å²) in [5.41, 5.74) is 1.10. The number of carbonyl (C=O) groups excluding carboxylic acids is 1. The third-order valence-corrected chi connectivity index (χ3v) is 9.88. The average molecular weight is 550 g/mol. The van der Waals surface area contributed by atoms with E-state index in [4.69, 9.17) is 14.2 Å². The number of aliphatic hydroxyl groups is 1. The molecule has 1 aromatic carbocycles. The average Bonchev–Trinajstić information content (AvgIpc) is 3.48. The van der Waals surface area contributed by atoms with Crippen molar-refractivity contribution in [1.29, 1.82) is 0 Å². The molecule has 3 atom stereocenters. The molecule has 2 unspecified atom stereocenters. The highest BCUT2D eigenvalue weighted by Crippen LogP contribution is 2.34. The van der Waals surface area contributed by atoms with Gasteiger partial charge in [-0.2, -0.15) is 11.3 Å². The molecule has 2 aromatic rings. The van der Waals surface area contributed by atoms with Crippen LogP contribution in [-0.2, 0) is 24.1 Å². The lowest BCUT2D eigenvalue weighted by molar-refractivity contribution is -0.153. The minimum atomic E-state index is -3.68. The van der Waals surface area contributed by atoms with Crippen LogP contribution in [0.5, 0.6) is 5.75 Å². The number of allylic oxidation sites excluding steroid dienone is 1. The highest BCUT2D eigenvalue weighted by molar-refractivity contribution is 7.92. The van der Waals surface area contributed by atoms with Gasteiger partial charge in [-0.05, 0) is 84.8 Å². The molecule has 4 rings (SSSR count).